The van der Waals surface area contributed by atoms with Crippen molar-refractivity contribution in [2.75, 3.05) is 22.9 Å². The molecule has 0 saturated carbocycles. The van der Waals surface area contributed by atoms with Crippen molar-refractivity contribution in [2.45, 2.75) is 31.7 Å². The molecule has 1 fully saturated rings. The van der Waals surface area contributed by atoms with Crippen LogP contribution >= 0.6 is 0 Å². The molecule has 0 bridgehead atoms. The van der Waals surface area contributed by atoms with Gasteiger partial charge in [-0.1, -0.05) is 6.07 Å². The Bertz CT molecular complexity index is 1470. The third-order valence-corrected chi connectivity index (χ3v) is 7.15. The Kier molecular flexibility index (Phi) is 4.71. The van der Waals surface area contributed by atoms with Crippen molar-refractivity contribution in [2.24, 2.45) is 7.05 Å². The monoisotopic (exact) mass is 480 g/mol. The number of carbonyl (C=O) groups is 1. The first-order valence-corrected chi connectivity index (χ1v) is 11.5. The molecule has 10 heteroatoms. The van der Waals surface area contributed by atoms with E-state index in [9.17, 15) is 13.6 Å². The van der Waals surface area contributed by atoms with Gasteiger partial charge in [-0.3, -0.25) is 14.4 Å². The molecule has 1 atom stereocenters. The number of amides is 1. The number of alkyl halides is 2. The third kappa shape index (κ3) is 3.38. The fourth-order valence-corrected chi connectivity index (χ4v) is 5.13. The average molecular weight is 480 g/mol. The van der Waals surface area contributed by atoms with Gasteiger partial charge in [0.1, 0.15) is 5.82 Å². The lowest BCUT2D eigenvalue weighted by molar-refractivity contribution is -0.0220. The highest BCUT2D eigenvalue weighted by atomic mass is 19.3. The summed E-state index contributed by atoms with van der Waals surface area (Å²) in [6.45, 7) is 2.18. The molecule has 0 radical (unpaired) electrons. The predicted octanol–water partition coefficient (Wildman–Crippen LogP) is 4.73. The number of H-pyrrole nitrogens is 1. The average Bonchev–Trinajstić information content (AvgIpc) is 3.48. The maximum absolute atomic E-state index is 15.7. The van der Waals surface area contributed by atoms with Gasteiger partial charge in [0.25, 0.3) is 11.8 Å². The van der Waals surface area contributed by atoms with Gasteiger partial charge in [-0.25, -0.2) is 18.2 Å². The molecule has 0 aliphatic carbocycles. The summed E-state index contributed by atoms with van der Waals surface area (Å²) in [4.78, 5) is 24.1. The summed E-state index contributed by atoms with van der Waals surface area (Å²) in [6, 6.07) is 9.46. The van der Waals surface area contributed by atoms with Crippen LogP contribution in [0.2, 0.25) is 0 Å². The Hall–Kier alpha value is -3.82. The van der Waals surface area contributed by atoms with Gasteiger partial charge in [0.05, 0.1) is 23.4 Å². The van der Waals surface area contributed by atoms with Gasteiger partial charge in [0.2, 0.25) is 0 Å². The maximum Gasteiger partial charge on any atom is 0.280 e. The van der Waals surface area contributed by atoms with Crippen LogP contribution in [0.25, 0.3) is 11.0 Å². The topological polar surface area (TPSA) is 70.0 Å². The van der Waals surface area contributed by atoms with Gasteiger partial charge in [0.15, 0.2) is 5.69 Å². The molecule has 2 aromatic heterocycles. The Morgan fingerprint density at radius 2 is 1.83 bits per heavy atom. The molecule has 2 aliphatic heterocycles. The van der Waals surface area contributed by atoms with Crippen LogP contribution in [-0.4, -0.2) is 44.7 Å². The largest absolute Gasteiger partial charge is 0.371 e. The minimum absolute atomic E-state index is 0.163. The quantitative estimate of drug-likeness (QED) is 0.460. The van der Waals surface area contributed by atoms with E-state index in [2.05, 4.69) is 15.1 Å². The molecule has 0 spiro atoms. The molecule has 2 aliphatic rings. The van der Waals surface area contributed by atoms with Gasteiger partial charge in [-0.05, 0) is 37.3 Å². The number of hydrogen-bond acceptors (Lipinski definition) is 4. The fraction of sp³-hybridized carbons (Fsp3) is 0.320. The van der Waals surface area contributed by atoms with Crippen LogP contribution in [0.4, 0.5) is 24.5 Å². The van der Waals surface area contributed by atoms with Gasteiger partial charge < -0.3 is 9.88 Å². The number of nitrogens with zero attached hydrogens (tertiary/aromatic N) is 5. The molecule has 35 heavy (non-hydrogen) atoms. The SMILES string of the molecule is Cc1c2c(nn1C)C(=O)N(c1ccc3nc[nH]c3c1)C2c1ccc(N2CCC(F)(F)CC2)cc1F. The number of aryl methyl sites for hydroxylation is 1. The number of nitrogens with one attached hydrogen (secondary N) is 1. The van der Waals surface area contributed by atoms with E-state index in [1.165, 1.54) is 6.07 Å². The predicted molar refractivity (Wildman–Crippen MR) is 125 cm³/mol. The molecular formula is C25H23F3N6O. The molecule has 6 rings (SSSR count). The molecule has 1 saturated heterocycles. The van der Waals surface area contributed by atoms with Crippen LogP contribution in [0.15, 0.2) is 42.7 Å². The number of anilines is 2. The maximum atomic E-state index is 15.7. The number of aromatic amines is 1. The molecule has 2 aromatic carbocycles. The van der Waals surface area contributed by atoms with Crippen molar-refractivity contribution in [1.82, 2.24) is 19.7 Å². The first kappa shape index (κ1) is 21.7. The molecule has 1 amide bonds. The van der Waals surface area contributed by atoms with Crippen LogP contribution in [0.3, 0.4) is 0 Å². The van der Waals surface area contributed by atoms with Crippen LogP contribution < -0.4 is 9.80 Å². The second kappa shape index (κ2) is 7.59. The lowest BCUT2D eigenvalue weighted by Crippen LogP contribution is -2.39. The summed E-state index contributed by atoms with van der Waals surface area (Å²) in [6.07, 6.45) is 1.07. The number of imidazole rings is 1. The first-order chi connectivity index (χ1) is 16.7. The van der Waals surface area contributed by atoms with Crippen molar-refractivity contribution >= 4 is 28.3 Å². The third-order valence-electron chi connectivity index (χ3n) is 7.15. The van der Waals surface area contributed by atoms with Gasteiger partial charge in [-0.15, -0.1) is 0 Å². The standard InChI is InChI=1S/C25H23F3N6O/c1-14-21-22(31-32(14)2)24(35)34(16-4-6-19-20(12-16)30-13-29-19)23(21)17-5-3-15(11-18(17)26)33-9-7-25(27,28)8-10-33/h3-6,11-13,23H,7-10H2,1-2H3,(H,29,30). The second-order valence-electron chi connectivity index (χ2n) is 9.20. The normalized spacial score (nSPS) is 19.6. The highest BCUT2D eigenvalue weighted by Crippen LogP contribution is 2.44. The molecule has 1 N–H and O–H groups in total. The zero-order valence-electron chi connectivity index (χ0n) is 19.2. The fourth-order valence-electron chi connectivity index (χ4n) is 5.13. The minimum atomic E-state index is -2.68. The Labute approximate surface area is 199 Å². The summed E-state index contributed by atoms with van der Waals surface area (Å²) in [5, 5.41) is 4.41. The van der Waals surface area contributed by atoms with Crippen molar-refractivity contribution in [1.29, 1.82) is 0 Å². The van der Waals surface area contributed by atoms with E-state index in [0.717, 1.165) is 16.7 Å². The summed E-state index contributed by atoms with van der Waals surface area (Å²) >= 11 is 0. The number of fused-ring (bicyclic) bond motifs is 2. The summed E-state index contributed by atoms with van der Waals surface area (Å²) in [5.41, 5.74) is 4.71. The van der Waals surface area contributed by atoms with E-state index >= 15 is 4.39 Å². The van der Waals surface area contributed by atoms with Crippen LogP contribution in [0, 0.1) is 12.7 Å². The van der Waals surface area contributed by atoms with Crippen LogP contribution in [-0.2, 0) is 7.05 Å². The Morgan fingerprint density at radius 1 is 1.09 bits per heavy atom. The number of benzene rings is 2. The van der Waals surface area contributed by atoms with Crippen molar-refractivity contribution in [3.63, 3.8) is 0 Å². The minimum Gasteiger partial charge on any atom is -0.371 e. The second-order valence-corrected chi connectivity index (χ2v) is 9.20. The summed E-state index contributed by atoms with van der Waals surface area (Å²) in [5.74, 6) is -3.49. The smallest absolute Gasteiger partial charge is 0.280 e. The van der Waals surface area contributed by atoms with E-state index in [1.54, 1.807) is 52.1 Å². The zero-order valence-corrected chi connectivity index (χ0v) is 19.2. The van der Waals surface area contributed by atoms with Crippen molar-refractivity contribution < 1.29 is 18.0 Å². The number of carbonyl (C=O) groups excluding carboxylic acids is 1. The van der Waals surface area contributed by atoms with E-state index in [-0.39, 0.29) is 31.8 Å². The van der Waals surface area contributed by atoms with E-state index in [4.69, 9.17) is 0 Å². The van der Waals surface area contributed by atoms with E-state index in [1.807, 2.05) is 13.0 Å². The number of aromatic nitrogens is 4. The van der Waals surface area contributed by atoms with E-state index < -0.39 is 17.8 Å². The molecular weight excluding hydrogens is 457 g/mol. The number of rotatable bonds is 3. The zero-order chi connectivity index (χ0) is 24.5. The number of halogens is 3. The molecule has 4 heterocycles. The Balaban J connectivity index is 1.43. The Morgan fingerprint density at radius 3 is 2.57 bits per heavy atom. The van der Waals surface area contributed by atoms with Gasteiger partial charge >= 0.3 is 0 Å². The van der Waals surface area contributed by atoms with Gasteiger partial charge in [-0.2, -0.15) is 5.10 Å². The first-order valence-electron chi connectivity index (χ1n) is 11.5. The van der Waals surface area contributed by atoms with Crippen molar-refractivity contribution in [3.05, 3.63) is 71.1 Å². The molecule has 7 nitrogen and oxygen atoms in total. The lowest BCUT2D eigenvalue weighted by Gasteiger charge is -2.34. The summed E-state index contributed by atoms with van der Waals surface area (Å²) < 4.78 is 44.5. The highest BCUT2D eigenvalue weighted by Gasteiger charge is 2.44. The van der Waals surface area contributed by atoms with Crippen molar-refractivity contribution in [3.8, 4) is 0 Å². The summed E-state index contributed by atoms with van der Waals surface area (Å²) in [7, 11) is 1.75. The highest BCUT2D eigenvalue weighted by molar-refractivity contribution is 6.11. The van der Waals surface area contributed by atoms with E-state index in [0.29, 0.717) is 28.2 Å². The van der Waals surface area contributed by atoms with Crippen LogP contribution in [0.1, 0.15) is 46.2 Å². The van der Waals surface area contributed by atoms with Gasteiger partial charge in [0, 0.05) is 61.2 Å². The molecule has 1 unspecified atom stereocenters. The number of hydrogen-bond donors (Lipinski definition) is 1. The lowest BCUT2D eigenvalue weighted by atomic mass is 9.97. The number of piperidine rings is 1. The molecule has 180 valence electrons. The molecule has 4 aromatic rings. The van der Waals surface area contributed by atoms with Crippen LogP contribution in [0.5, 0.6) is 0 Å².